The number of hydrogen-bond acceptors (Lipinski definition) is 3. The summed E-state index contributed by atoms with van der Waals surface area (Å²) in [5.41, 5.74) is 5.59. The summed E-state index contributed by atoms with van der Waals surface area (Å²) >= 11 is 6.15. The molecule has 0 N–H and O–H groups in total. The minimum absolute atomic E-state index is 0.542. The van der Waals surface area contributed by atoms with Crippen LogP contribution in [0, 0.1) is 13.8 Å². The SMILES string of the molecule is Cc1nc(-c2ccc3c(c2)CCN3C)nc(Cl)c1C. The van der Waals surface area contributed by atoms with Crippen molar-refractivity contribution in [2.45, 2.75) is 20.3 Å². The van der Waals surface area contributed by atoms with Crippen molar-refractivity contribution in [2.24, 2.45) is 0 Å². The first-order valence-electron chi connectivity index (χ1n) is 6.41. The maximum absolute atomic E-state index is 6.15. The Morgan fingerprint density at radius 2 is 2.00 bits per heavy atom. The van der Waals surface area contributed by atoms with Crippen molar-refractivity contribution in [2.75, 3.05) is 18.5 Å². The molecule has 1 aromatic heterocycles. The number of benzene rings is 1. The Balaban J connectivity index is 2.08. The van der Waals surface area contributed by atoms with Gasteiger partial charge in [0.2, 0.25) is 0 Å². The lowest BCUT2D eigenvalue weighted by Gasteiger charge is -2.12. The van der Waals surface area contributed by atoms with Crippen LogP contribution in [0.4, 0.5) is 5.69 Å². The topological polar surface area (TPSA) is 29.0 Å². The summed E-state index contributed by atoms with van der Waals surface area (Å²) in [5.74, 6) is 0.713. The van der Waals surface area contributed by atoms with Crippen LogP contribution in [0.5, 0.6) is 0 Å². The number of rotatable bonds is 1. The van der Waals surface area contributed by atoms with E-state index in [1.54, 1.807) is 0 Å². The lowest BCUT2D eigenvalue weighted by molar-refractivity contribution is 0.956. The van der Waals surface area contributed by atoms with Crippen LogP contribution in [0.15, 0.2) is 18.2 Å². The molecule has 0 unspecified atom stereocenters. The number of aryl methyl sites for hydroxylation is 1. The highest BCUT2D eigenvalue weighted by atomic mass is 35.5. The Hall–Kier alpha value is -1.61. The van der Waals surface area contributed by atoms with Gasteiger partial charge in [-0.1, -0.05) is 11.6 Å². The molecule has 2 heterocycles. The minimum atomic E-state index is 0.542. The standard InChI is InChI=1S/C15H16ClN3/c1-9-10(2)17-15(18-14(9)16)12-4-5-13-11(8-12)6-7-19(13)3/h4-5,8H,6-7H2,1-3H3. The Kier molecular flexibility index (Phi) is 2.94. The normalized spacial score (nSPS) is 13.8. The van der Waals surface area contributed by atoms with Crippen LogP contribution in [0.25, 0.3) is 11.4 Å². The maximum atomic E-state index is 6.15. The van der Waals surface area contributed by atoms with Crippen molar-refractivity contribution in [3.8, 4) is 11.4 Å². The fraction of sp³-hybridized carbons (Fsp3) is 0.333. The fourth-order valence-corrected chi connectivity index (χ4v) is 2.65. The number of likely N-dealkylation sites (N-methyl/N-ethyl adjacent to an activating group) is 1. The van der Waals surface area contributed by atoms with Crippen molar-refractivity contribution in [1.29, 1.82) is 0 Å². The van der Waals surface area contributed by atoms with Gasteiger partial charge >= 0.3 is 0 Å². The first-order valence-corrected chi connectivity index (χ1v) is 6.79. The molecule has 0 atom stereocenters. The monoisotopic (exact) mass is 273 g/mol. The van der Waals surface area contributed by atoms with Crippen LogP contribution in [-0.2, 0) is 6.42 Å². The molecule has 0 radical (unpaired) electrons. The van der Waals surface area contributed by atoms with E-state index < -0.39 is 0 Å². The highest BCUT2D eigenvalue weighted by molar-refractivity contribution is 6.30. The van der Waals surface area contributed by atoms with Gasteiger partial charge in [-0.2, -0.15) is 0 Å². The highest BCUT2D eigenvalue weighted by Gasteiger charge is 2.17. The van der Waals surface area contributed by atoms with Crippen molar-refractivity contribution < 1.29 is 0 Å². The second-order valence-corrected chi connectivity index (χ2v) is 5.42. The molecule has 3 rings (SSSR count). The number of aromatic nitrogens is 2. The Bertz CT molecular complexity index is 629. The average molecular weight is 274 g/mol. The van der Waals surface area contributed by atoms with Gasteiger partial charge in [0.1, 0.15) is 5.15 Å². The molecule has 19 heavy (non-hydrogen) atoms. The molecule has 1 aliphatic heterocycles. The van der Waals surface area contributed by atoms with E-state index in [9.17, 15) is 0 Å². The maximum Gasteiger partial charge on any atom is 0.161 e. The summed E-state index contributed by atoms with van der Waals surface area (Å²) in [4.78, 5) is 11.2. The van der Waals surface area contributed by atoms with Crippen LogP contribution < -0.4 is 4.90 Å². The van der Waals surface area contributed by atoms with Crippen molar-refractivity contribution in [3.63, 3.8) is 0 Å². The summed E-state index contributed by atoms with van der Waals surface area (Å²) in [6, 6.07) is 6.39. The zero-order chi connectivity index (χ0) is 13.6. The summed E-state index contributed by atoms with van der Waals surface area (Å²) in [5, 5.41) is 0.542. The second kappa shape index (κ2) is 4.49. The van der Waals surface area contributed by atoms with Gasteiger partial charge < -0.3 is 4.90 Å². The van der Waals surface area contributed by atoms with E-state index >= 15 is 0 Å². The third-order valence-corrected chi connectivity index (χ3v) is 4.16. The van der Waals surface area contributed by atoms with Gasteiger partial charge in [-0.15, -0.1) is 0 Å². The number of anilines is 1. The average Bonchev–Trinajstić information content (AvgIpc) is 2.76. The van der Waals surface area contributed by atoms with Crippen LogP contribution in [0.1, 0.15) is 16.8 Å². The molecule has 0 saturated carbocycles. The number of halogens is 1. The predicted molar refractivity (Wildman–Crippen MR) is 78.9 cm³/mol. The van der Waals surface area contributed by atoms with Crippen LogP contribution in [-0.4, -0.2) is 23.6 Å². The summed E-state index contributed by atoms with van der Waals surface area (Å²) in [6.45, 7) is 4.99. The number of hydrogen-bond donors (Lipinski definition) is 0. The smallest absolute Gasteiger partial charge is 0.161 e. The highest BCUT2D eigenvalue weighted by Crippen LogP contribution is 2.31. The van der Waals surface area contributed by atoms with E-state index in [2.05, 4.69) is 40.1 Å². The fourth-order valence-electron chi connectivity index (χ4n) is 2.43. The molecule has 2 aromatic rings. The van der Waals surface area contributed by atoms with Crippen LogP contribution in [0.3, 0.4) is 0 Å². The lowest BCUT2D eigenvalue weighted by Crippen LogP contribution is -2.12. The Morgan fingerprint density at radius 1 is 1.21 bits per heavy atom. The van der Waals surface area contributed by atoms with Gasteiger partial charge in [0.15, 0.2) is 5.82 Å². The van der Waals surface area contributed by atoms with E-state index in [1.807, 2.05) is 13.8 Å². The Morgan fingerprint density at radius 3 is 2.74 bits per heavy atom. The van der Waals surface area contributed by atoms with Crippen molar-refractivity contribution in [1.82, 2.24) is 9.97 Å². The molecule has 0 aliphatic carbocycles. The first kappa shape index (κ1) is 12.4. The van der Waals surface area contributed by atoms with E-state index in [1.165, 1.54) is 11.3 Å². The molecule has 0 fully saturated rings. The van der Waals surface area contributed by atoms with E-state index in [-0.39, 0.29) is 0 Å². The number of fused-ring (bicyclic) bond motifs is 1. The zero-order valence-electron chi connectivity index (χ0n) is 11.4. The first-order chi connectivity index (χ1) is 9.06. The molecule has 1 aliphatic rings. The molecular weight excluding hydrogens is 258 g/mol. The van der Waals surface area contributed by atoms with Crippen LogP contribution in [0.2, 0.25) is 5.15 Å². The summed E-state index contributed by atoms with van der Waals surface area (Å²) in [6.07, 6.45) is 1.08. The molecule has 0 spiro atoms. The van der Waals surface area contributed by atoms with Gasteiger partial charge in [-0.3, -0.25) is 0 Å². The third kappa shape index (κ3) is 2.08. The lowest BCUT2D eigenvalue weighted by atomic mass is 10.1. The summed E-state index contributed by atoms with van der Waals surface area (Å²) < 4.78 is 0. The molecule has 1 aromatic carbocycles. The minimum Gasteiger partial charge on any atom is -0.374 e. The summed E-state index contributed by atoms with van der Waals surface area (Å²) in [7, 11) is 2.12. The van der Waals surface area contributed by atoms with Gasteiger partial charge in [-0.05, 0) is 44.0 Å². The largest absolute Gasteiger partial charge is 0.374 e. The zero-order valence-corrected chi connectivity index (χ0v) is 12.1. The van der Waals surface area contributed by atoms with Crippen molar-refractivity contribution >= 4 is 17.3 Å². The molecule has 0 bridgehead atoms. The number of nitrogens with zero attached hydrogens (tertiary/aromatic N) is 3. The molecule has 0 amide bonds. The molecule has 4 heteroatoms. The third-order valence-electron chi connectivity index (χ3n) is 3.80. The van der Waals surface area contributed by atoms with E-state index in [0.29, 0.717) is 11.0 Å². The van der Waals surface area contributed by atoms with Gasteiger partial charge in [0.25, 0.3) is 0 Å². The quantitative estimate of drug-likeness (QED) is 0.746. The van der Waals surface area contributed by atoms with E-state index in [0.717, 1.165) is 29.8 Å². The molecule has 0 saturated heterocycles. The van der Waals surface area contributed by atoms with Gasteiger partial charge in [-0.25, -0.2) is 9.97 Å². The Labute approximate surface area is 118 Å². The van der Waals surface area contributed by atoms with Gasteiger partial charge in [0.05, 0.1) is 0 Å². The van der Waals surface area contributed by atoms with Crippen LogP contribution >= 0.6 is 11.6 Å². The van der Waals surface area contributed by atoms with Crippen molar-refractivity contribution in [3.05, 3.63) is 40.2 Å². The second-order valence-electron chi connectivity index (χ2n) is 5.06. The molecular formula is C15H16ClN3. The van der Waals surface area contributed by atoms with Gasteiger partial charge in [0, 0.05) is 36.1 Å². The predicted octanol–water partition coefficient (Wildman–Crippen LogP) is 3.41. The molecule has 98 valence electrons. The molecule has 3 nitrogen and oxygen atoms in total. The van der Waals surface area contributed by atoms with E-state index in [4.69, 9.17) is 11.6 Å².